The van der Waals surface area contributed by atoms with Crippen LogP contribution in [0.4, 0.5) is 0 Å². The van der Waals surface area contributed by atoms with E-state index in [2.05, 4.69) is 0 Å². The van der Waals surface area contributed by atoms with Gasteiger partial charge >= 0.3 is 29.8 Å². The van der Waals surface area contributed by atoms with Crippen LogP contribution in [0.1, 0.15) is 77.0 Å². The van der Waals surface area contributed by atoms with Crippen LogP contribution in [-0.2, 0) is 76.1 Å². The molecular formula is C60H91O37+. The highest BCUT2D eigenvalue weighted by molar-refractivity contribution is 5.90. The van der Waals surface area contributed by atoms with Gasteiger partial charge in [0.05, 0.1) is 61.4 Å². The number of carboxylic acids is 2. The van der Waals surface area contributed by atoms with E-state index < -0.39 is 283 Å². The average molecular weight is 1400 g/mol. The predicted octanol–water partition coefficient (Wildman–Crippen LogP) is -9.69. The minimum Gasteiger partial charge on any atom is -0.481 e. The van der Waals surface area contributed by atoms with Crippen molar-refractivity contribution in [3.63, 3.8) is 0 Å². The normalized spacial score (nSPS) is 47.6. The van der Waals surface area contributed by atoms with Crippen LogP contribution in [0, 0.1) is 23.7 Å². The zero-order valence-electron chi connectivity index (χ0n) is 52.1. The van der Waals surface area contributed by atoms with Gasteiger partial charge in [-0.1, -0.05) is 12.2 Å². The van der Waals surface area contributed by atoms with E-state index in [1.807, 2.05) is 0 Å². The molecule has 9 rings (SSSR count). The molecule has 0 spiro atoms. The molecule has 5 heterocycles. The molecular weight excluding hydrogens is 1310 g/mol. The number of hydrogen-bond donors (Lipinski definition) is 20. The number of allylic oxidation sites excluding steroid dienone is 2. The number of aliphatic hydroxyl groups excluding tert-OH is 18. The molecule has 4 saturated carbocycles. The van der Waals surface area contributed by atoms with Crippen molar-refractivity contribution in [1.82, 2.24) is 0 Å². The van der Waals surface area contributed by atoms with Crippen LogP contribution in [-0.4, -0.2) is 353 Å². The number of rotatable bonds is 22. The first-order chi connectivity index (χ1) is 45.9. The van der Waals surface area contributed by atoms with Crippen molar-refractivity contribution in [3.8, 4) is 0 Å². The number of aliphatic hydroxyl groups is 20. The molecule has 9 aliphatic rings. The quantitative estimate of drug-likeness (QED) is 0.0157. The average Bonchev–Trinajstić information content (AvgIpc) is 0.766. The molecule has 0 aromatic rings. The molecule has 0 amide bonds. The number of carbonyl (C=O) groups is 5. The Labute approximate surface area is 552 Å². The van der Waals surface area contributed by atoms with Crippen LogP contribution in [0.3, 0.4) is 0 Å². The third-order valence-electron chi connectivity index (χ3n) is 19.8. The lowest BCUT2D eigenvalue weighted by atomic mass is 9.72. The summed E-state index contributed by atoms with van der Waals surface area (Å²) in [6, 6.07) is 0. The lowest BCUT2D eigenvalue weighted by Gasteiger charge is -2.51. The topological polar surface area (TPSA) is 604 Å². The Morgan fingerprint density at radius 1 is 0.443 bits per heavy atom. The maximum Gasteiger partial charge on any atom is 0.335 e. The van der Waals surface area contributed by atoms with Gasteiger partial charge in [-0.2, -0.15) is 0 Å². The number of ether oxygens (including phenoxy) is 12. The van der Waals surface area contributed by atoms with E-state index in [0.29, 0.717) is 19.3 Å². The van der Waals surface area contributed by atoms with E-state index in [9.17, 15) is 126 Å². The summed E-state index contributed by atoms with van der Waals surface area (Å²) in [4.78, 5) is 62.4. The Balaban J connectivity index is 0.995. The fourth-order valence-electron chi connectivity index (χ4n) is 14.2. The molecule has 97 heavy (non-hydrogen) atoms. The van der Waals surface area contributed by atoms with Gasteiger partial charge in [0, 0.05) is 30.9 Å². The lowest BCUT2D eigenvalue weighted by Crippen LogP contribution is -2.66. The van der Waals surface area contributed by atoms with Crippen LogP contribution in [0.2, 0.25) is 0 Å². The third-order valence-corrected chi connectivity index (χ3v) is 19.8. The third kappa shape index (κ3) is 18.5. The molecule has 9 fully saturated rings. The summed E-state index contributed by atoms with van der Waals surface area (Å²) < 4.78 is 69.3. The second kappa shape index (κ2) is 33.7. The summed E-state index contributed by atoms with van der Waals surface area (Å²) >= 11 is 0. The molecule has 36 atom stereocenters. The largest absolute Gasteiger partial charge is 0.481 e. The Morgan fingerprint density at radius 2 is 0.979 bits per heavy atom. The number of carbonyl (C=O) groups excluding carboxylic acids is 3. The summed E-state index contributed by atoms with van der Waals surface area (Å²) in [5.74, 6) is -9.57. The Bertz CT molecular complexity index is 2670. The molecule has 552 valence electrons. The van der Waals surface area contributed by atoms with Gasteiger partial charge < -0.3 is 159 Å². The zero-order valence-corrected chi connectivity index (χ0v) is 52.1. The van der Waals surface area contributed by atoms with Gasteiger partial charge in [-0.3, -0.25) is 9.59 Å². The van der Waals surface area contributed by atoms with Crippen LogP contribution < -0.4 is 0 Å². The van der Waals surface area contributed by atoms with Crippen LogP contribution in [0.25, 0.3) is 0 Å². The SMILES string of the molecule is O=C(O)CC(=O)OC[C@H]1O[C@@H](OC2CC3C(O)CC(O[C@@H]4O[C@H](COC(=O)C=CC5CCC(O)C(O)C5)[C@@H](O)[C@H](O)[C@H]4O)CC3[OH+]C2C2CC(O)C(O)C(O[C@@H]3O[C@H](C(=O)O)[C@@H](O)[C@H](O)[C@H]3O)C2)[C@H](O[C@@H]2O[C@H](CO)[C@@H](O)[C@H](O)[C@H]2OC(=O)C=CC2CCC(O)C(O)C2)[C@@H](O)[C@H]1O. The summed E-state index contributed by atoms with van der Waals surface area (Å²) in [6.45, 7) is -2.66. The summed E-state index contributed by atoms with van der Waals surface area (Å²) in [5, 5.41) is 216. The highest BCUT2D eigenvalue weighted by Gasteiger charge is 2.60. The monoisotopic (exact) mass is 1400 g/mol. The van der Waals surface area contributed by atoms with Crippen molar-refractivity contribution < 1.29 is 183 Å². The Hall–Kier alpha value is -4.25. The predicted molar refractivity (Wildman–Crippen MR) is 308 cm³/mol. The number of esters is 3. The standard InChI is InChI=1S/C60H90O37/c61-17-34-42(74)47(79)54(95-39(71)8-4-21-2-6-26(63)29(66)10-21)60(92-34)97-55-48(80)44(76)36(19-87-40(72)16-37(68)69)94-59(55)91-33-15-24-27(64)13-23(88-57-50(82)45(77)43(75)35(93-57)18-86-38(70)7-3-20-1-5-25(62)28(65)9-20)14-31(24)89-52(33)22-11-30(67)41(73)32(12-22)90-58-51(83)46(78)49(81)53(96-58)56(84)85/h3-4,7-8,20-36,41-55,57-67,73-83H,1-2,5-6,9-19H2,(H,68,69)(H,84,85)/p+1/t20?,21?,22?,23?,24?,25?,26?,27?,28?,29?,30?,31?,32?,33?,34-,35-,36-,41?,42-,43-,44+,45+,46+,47+,48+,49+,50-,51-,52?,53+,54-,55-,57-,58-,59-,60+/m1/s1. The molecule has 0 radical (unpaired) electrons. The minimum absolute atomic E-state index is 0.0601. The van der Waals surface area contributed by atoms with Crippen molar-refractivity contribution in [3.05, 3.63) is 24.3 Å². The van der Waals surface area contributed by atoms with E-state index in [-0.39, 0.29) is 44.4 Å². The van der Waals surface area contributed by atoms with Gasteiger partial charge in [0.1, 0.15) is 117 Å². The molecule has 0 aromatic carbocycles. The molecule has 5 saturated heterocycles. The molecule has 37 nitrogen and oxygen atoms in total. The molecule has 0 bridgehead atoms. The van der Waals surface area contributed by atoms with Gasteiger partial charge in [-0.25, -0.2) is 14.4 Å². The first-order valence-electron chi connectivity index (χ1n) is 32.4. The summed E-state index contributed by atoms with van der Waals surface area (Å²) in [6.07, 6.45) is -52.2. The van der Waals surface area contributed by atoms with Crippen molar-refractivity contribution >= 4 is 29.8 Å². The number of hydrogen-bond acceptors (Lipinski definition) is 34. The number of aliphatic carboxylic acids is 2. The van der Waals surface area contributed by atoms with Crippen molar-refractivity contribution in [2.75, 3.05) is 19.8 Å². The van der Waals surface area contributed by atoms with Crippen molar-refractivity contribution in [2.24, 2.45) is 23.7 Å². The molecule has 21 N–H and O–H groups in total. The first kappa shape index (κ1) is 76.9. The van der Waals surface area contributed by atoms with Crippen LogP contribution >= 0.6 is 0 Å². The molecule has 5 aliphatic heterocycles. The fraction of sp³-hybridized carbons (Fsp3) is 0.850. The van der Waals surface area contributed by atoms with Gasteiger partial charge in [0.25, 0.3) is 0 Å². The highest BCUT2D eigenvalue weighted by atomic mass is 16.8. The summed E-state index contributed by atoms with van der Waals surface area (Å²) in [7, 11) is 0. The van der Waals surface area contributed by atoms with Gasteiger partial charge in [-0.05, 0) is 69.6 Å². The first-order valence-corrected chi connectivity index (χ1v) is 32.4. The highest BCUT2D eigenvalue weighted by Crippen LogP contribution is 2.45. The zero-order chi connectivity index (χ0) is 70.6. The van der Waals surface area contributed by atoms with E-state index >= 15 is 0 Å². The van der Waals surface area contributed by atoms with Crippen LogP contribution in [0.5, 0.6) is 0 Å². The minimum atomic E-state index is -2.27. The number of fused-ring (bicyclic) bond motifs is 1. The fourth-order valence-corrected chi connectivity index (χ4v) is 14.2. The number of carboxylic acid groups (broad SMARTS) is 2. The van der Waals surface area contributed by atoms with Crippen molar-refractivity contribution in [2.45, 2.75) is 273 Å². The van der Waals surface area contributed by atoms with E-state index in [0.717, 1.165) is 12.2 Å². The maximum atomic E-state index is 13.5. The Morgan fingerprint density at radius 3 is 1.59 bits per heavy atom. The van der Waals surface area contributed by atoms with E-state index in [1.165, 1.54) is 12.2 Å². The Kier molecular flexibility index (Phi) is 26.7. The molecule has 4 aliphatic carbocycles. The van der Waals surface area contributed by atoms with Crippen molar-refractivity contribution in [1.29, 1.82) is 0 Å². The van der Waals surface area contributed by atoms with Crippen LogP contribution in [0.15, 0.2) is 24.3 Å². The second-order valence-corrected chi connectivity index (χ2v) is 26.5. The molecule has 16 unspecified atom stereocenters. The van der Waals surface area contributed by atoms with Gasteiger partial charge in [-0.15, -0.1) is 0 Å². The second-order valence-electron chi connectivity index (χ2n) is 26.5. The molecule has 0 aromatic heterocycles. The smallest absolute Gasteiger partial charge is 0.335 e. The van der Waals surface area contributed by atoms with Gasteiger partial charge in [0.2, 0.25) is 0 Å². The van der Waals surface area contributed by atoms with E-state index in [4.69, 9.17) is 56.8 Å². The van der Waals surface area contributed by atoms with E-state index in [1.54, 1.807) is 0 Å². The maximum absolute atomic E-state index is 13.5. The molecule has 37 heteroatoms. The van der Waals surface area contributed by atoms with Gasteiger partial charge in [0.15, 0.2) is 49.6 Å². The summed E-state index contributed by atoms with van der Waals surface area (Å²) in [5.41, 5.74) is 0. The lowest BCUT2D eigenvalue weighted by molar-refractivity contribution is -0.389.